The van der Waals surface area contributed by atoms with Crippen LogP contribution < -0.4 is 0 Å². The highest BCUT2D eigenvalue weighted by atomic mass is 28.4. The SMILES string of the molecule is CCO[Si](OCC)(OCC)C(C)(CC)CC. The van der Waals surface area contributed by atoms with Gasteiger partial charge >= 0.3 is 8.80 Å². The third kappa shape index (κ3) is 3.29. The fourth-order valence-corrected chi connectivity index (χ4v) is 5.20. The Morgan fingerprint density at radius 1 is 0.750 bits per heavy atom. The molecule has 0 bridgehead atoms. The van der Waals surface area contributed by atoms with Crippen LogP contribution in [0.4, 0.5) is 0 Å². The molecule has 3 nitrogen and oxygen atoms in total. The van der Waals surface area contributed by atoms with Crippen molar-refractivity contribution in [3.63, 3.8) is 0 Å². The number of hydrogen-bond acceptors (Lipinski definition) is 3. The van der Waals surface area contributed by atoms with E-state index in [1.165, 1.54) is 0 Å². The molecule has 0 rings (SSSR count). The third-order valence-electron chi connectivity index (χ3n) is 3.30. The van der Waals surface area contributed by atoms with Gasteiger partial charge in [0.1, 0.15) is 0 Å². The molecular weight excluding hydrogens is 220 g/mol. The Kier molecular flexibility index (Phi) is 7.47. The van der Waals surface area contributed by atoms with Crippen molar-refractivity contribution in [3.8, 4) is 0 Å². The molecule has 0 saturated heterocycles. The quantitative estimate of drug-likeness (QED) is 0.583. The molecule has 0 aromatic rings. The van der Waals surface area contributed by atoms with Crippen LogP contribution in [0, 0.1) is 0 Å². The monoisotopic (exact) mass is 248 g/mol. The van der Waals surface area contributed by atoms with Crippen molar-refractivity contribution >= 4 is 8.80 Å². The summed E-state index contributed by atoms with van der Waals surface area (Å²) in [5.41, 5.74) is 0. The first-order valence-electron chi connectivity index (χ1n) is 6.47. The fourth-order valence-electron chi connectivity index (χ4n) is 1.90. The lowest BCUT2D eigenvalue weighted by Crippen LogP contribution is -2.55. The Morgan fingerprint density at radius 3 is 1.25 bits per heavy atom. The Morgan fingerprint density at radius 2 is 1.06 bits per heavy atom. The molecule has 0 amide bonds. The van der Waals surface area contributed by atoms with E-state index in [4.69, 9.17) is 13.3 Å². The second-order valence-electron chi connectivity index (χ2n) is 4.12. The van der Waals surface area contributed by atoms with E-state index in [1.54, 1.807) is 0 Å². The van der Waals surface area contributed by atoms with E-state index in [9.17, 15) is 0 Å². The van der Waals surface area contributed by atoms with Gasteiger partial charge in [0.15, 0.2) is 0 Å². The van der Waals surface area contributed by atoms with E-state index < -0.39 is 8.80 Å². The van der Waals surface area contributed by atoms with Crippen molar-refractivity contribution in [2.75, 3.05) is 19.8 Å². The van der Waals surface area contributed by atoms with Gasteiger partial charge in [0.05, 0.1) is 0 Å². The van der Waals surface area contributed by atoms with Gasteiger partial charge < -0.3 is 13.3 Å². The van der Waals surface area contributed by atoms with E-state index >= 15 is 0 Å². The minimum absolute atomic E-state index is 0.0228. The summed E-state index contributed by atoms with van der Waals surface area (Å²) in [6.45, 7) is 14.6. The lowest BCUT2D eigenvalue weighted by molar-refractivity contribution is 0.0434. The molecule has 0 aliphatic carbocycles. The minimum Gasteiger partial charge on any atom is -0.373 e. The molecule has 0 N–H and O–H groups in total. The Hall–Kier alpha value is 0.0969. The molecule has 0 fully saturated rings. The molecule has 4 heteroatoms. The normalized spacial score (nSPS) is 13.1. The summed E-state index contributed by atoms with van der Waals surface area (Å²) in [7, 11) is -2.55. The lowest BCUT2D eigenvalue weighted by Gasteiger charge is -2.42. The van der Waals surface area contributed by atoms with Crippen LogP contribution in [0.2, 0.25) is 5.04 Å². The van der Waals surface area contributed by atoms with Crippen molar-refractivity contribution in [1.29, 1.82) is 0 Å². The second kappa shape index (κ2) is 7.43. The molecule has 0 heterocycles. The zero-order valence-corrected chi connectivity index (χ0v) is 12.8. The maximum Gasteiger partial charge on any atom is 0.507 e. The maximum atomic E-state index is 5.95. The smallest absolute Gasteiger partial charge is 0.373 e. The summed E-state index contributed by atoms with van der Waals surface area (Å²) in [6.07, 6.45) is 2.05. The first-order valence-corrected chi connectivity index (χ1v) is 8.20. The van der Waals surface area contributed by atoms with Crippen molar-refractivity contribution in [1.82, 2.24) is 0 Å². The van der Waals surface area contributed by atoms with Gasteiger partial charge in [-0.25, -0.2) is 0 Å². The summed E-state index contributed by atoms with van der Waals surface area (Å²) < 4.78 is 17.9. The lowest BCUT2D eigenvalue weighted by atomic mass is 10.1. The predicted octanol–water partition coefficient (Wildman–Crippen LogP) is 3.62. The molecule has 0 aliphatic rings. The number of rotatable bonds is 9. The van der Waals surface area contributed by atoms with Crippen LogP contribution in [0.25, 0.3) is 0 Å². The van der Waals surface area contributed by atoms with E-state index in [-0.39, 0.29) is 5.04 Å². The molecule has 0 radical (unpaired) electrons. The third-order valence-corrected chi connectivity index (χ3v) is 7.49. The van der Waals surface area contributed by atoms with E-state index in [2.05, 4.69) is 20.8 Å². The highest BCUT2D eigenvalue weighted by molar-refractivity contribution is 6.64. The van der Waals surface area contributed by atoms with Gasteiger partial charge in [0.25, 0.3) is 0 Å². The van der Waals surface area contributed by atoms with Gasteiger partial charge in [-0.1, -0.05) is 20.8 Å². The van der Waals surface area contributed by atoms with Crippen molar-refractivity contribution < 1.29 is 13.3 Å². The first kappa shape index (κ1) is 16.1. The molecule has 0 saturated carbocycles. The molecule has 0 aromatic carbocycles. The van der Waals surface area contributed by atoms with E-state index in [1.807, 2.05) is 20.8 Å². The minimum atomic E-state index is -2.55. The van der Waals surface area contributed by atoms with Crippen LogP contribution >= 0.6 is 0 Å². The van der Waals surface area contributed by atoms with Gasteiger partial charge in [-0.3, -0.25) is 0 Å². The van der Waals surface area contributed by atoms with Gasteiger partial charge in [0, 0.05) is 24.9 Å². The van der Waals surface area contributed by atoms with Crippen LogP contribution in [-0.4, -0.2) is 28.6 Å². The number of hydrogen-bond donors (Lipinski definition) is 0. The molecule has 0 spiro atoms. The second-order valence-corrected chi connectivity index (χ2v) is 7.31. The highest BCUT2D eigenvalue weighted by Crippen LogP contribution is 2.45. The van der Waals surface area contributed by atoms with Gasteiger partial charge in [0.2, 0.25) is 0 Å². The molecule has 0 aromatic heterocycles. The Labute approximate surface area is 102 Å². The zero-order valence-electron chi connectivity index (χ0n) is 11.8. The predicted molar refractivity (Wildman–Crippen MR) is 69.6 cm³/mol. The van der Waals surface area contributed by atoms with Gasteiger partial charge in [-0.2, -0.15) is 0 Å². The highest BCUT2D eigenvalue weighted by Gasteiger charge is 2.55. The topological polar surface area (TPSA) is 27.7 Å². The van der Waals surface area contributed by atoms with Crippen LogP contribution in [0.5, 0.6) is 0 Å². The average molecular weight is 248 g/mol. The van der Waals surface area contributed by atoms with Crippen LogP contribution in [-0.2, 0) is 13.3 Å². The Balaban J connectivity index is 5.10. The standard InChI is InChI=1S/C12H28O3Si/c1-7-12(6,8-2)16(13-9-3,14-10-4)15-11-5/h7-11H2,1-6H3. The summed E-state index contributed by atoms with van der Waals surface area (Å²) >= 11 is 0. The van der Waals surface area contributed by atoms with Gasteiger partial charge in [-0.05, 0) is 33.6 Å². The molecule has 16 heavy (non-hydrogen) atoms. The summed E-state index contributed by atoms with van der Waals surface area (Å²) in [5.74, 6) is 0. The first-order chi connectivity index (χ1) is 7.55. The molecule has 98 valence electrons. The van der Waals surface area contributed by atoms with E-state index in [0.717, 1.165) is 12.8 Å². The van der Waals surface area contributed by atoms with Gasteiger partial charge in [-0.15, -0.1) is 0 Å². The van der Waals surface area contributed by atoms with Crippen LogP contribution in [0.15, 0.2) is 0 Å². The fraction of sp³-hybridized carbons (Fsp3) is 1.00. The summed E-state index contributed by atoms with van der Waals surface area (Å²) in [6, 6.07) is 0. The summed E-state index contributed by atoms with van der Waals surface area (Å²) in [4.78, 5) is 0. The van der Waals surface area contributed by atoms with Crippen molar-refractivity contribution in [3.05, 3.63) is 0 Å². The molecule has 0 unspecified atom stereocenters. The molecule has 0 atom stereocenters. The largest absolute Gasteiger partial charge is 0.507 e. The molecular formula is C12H28O3Si. The zero-order chi connectivity index (χ0) is 12.7. The van der Waals surface area contributed by atoms with Crippen LogP contribution in [0.1, 0.15) is 54.4 Å². The molecule has 0 aliphatic heterocycles. The summed E-state index contributed by atoms with van der Waals surface area (Å²) in [5, 5.41) is 0.0228. The van der Waals surface area contributed by atoms with Crippen molar-refractivity contribution in [2.24, 2.45) is 0 Å². The van der Waals surface area contributed by atoms with Crippen molar-refractivity contribution in [2.45, 2.75) is 59.4 Å². The average Bonchev–Trinajstić information content (AvgIpc) is 2.28. The maximum absolute atomic E-state index is 5.95. The van der Waals surface area contributed by atoms with E-state index in [0.29, 0.717) is 19.8 Å². The van der Waals surface area contributed by atoms with Crippen LogP contribution in [0.3, 0.4) is 0 Å². The Bertz CT molecular complexity index is 164.